The highest BCUT2D eigenvalue weighted by Gasteiger charge is 2.41. The molecule has 5 heteroatoms. The molecule has 1 heterocycles. The number of methoxy groups -OCH3 is 1. The van der Waals surface area contributed by atoms with Crippen LogP contribution in [-0.2, 0) is 4.74 Å². The van der Waals surface area contributed by atoms with E-state index in [1.165, 1.54) is 12.8 Å². The van der Waals surface area contributed by atoms with Crippen LogP contribution < -0.4 is 15.8 Å². The molecule has 2 atom stereocenters. The molecular weight excluding hydrogens is 256 g/mol. The van der Waals surface area contributed by atoms with Crippen LogP contribution in [0.25, 0.3) is 0 Å². The van der Waals surface area contributed by atoms with Crippen molar-refractivity contribution < 1.29 is 14.3 Å². The van der Waals surface area contributed by atoms with Crippen molar-refractivity contribution in [1.29, 1.82) is 0 Å². The van der Waals surface area contributed by atoms with Gasteiger partial charge in [0, 0.05) is 12.2 Å². The summed E-state index contributed by atoms with van der Waals surface area (Å²) in [7, 11) is 1.56. The van der Waals surface area contributed by atoms with E-state index in [1.807, 2.05) is 0 Å². The van der Waals surface area contributed by atoms with Gasteiger partial charge in [-0.1, -0.05) is 0 Å². The number of nitrogen functional groups attached to an aromatic ring is 1. The predicted octanol–water partition coefficient (Wildman–Crippen LogP) is 1.57. The molecule has 1 aromatic carbocycles. The number of carbonyl (C=O) groups excluding carboxylic acids is 1. The molecule has 2 aliphatic rings. The number of carbonyl (C=O) groups is 1. The molecule has 2 fully saturated rings. The zero-order valence-electron chi connectivity index (χ0n) is 11.6. The van der Waals surface area contributed by atoms with Crippen molar-refractivity contribution in [3.8, 4) is 5.75 Å². The minimum absolute atomic E-state index is 0.0968. The largest absolute Gasteiger partial charge is 0.495 e. The number of ether oxygens (including phenoxy) is 2. The fourth-order valence-corrected chi connectivity index (χ4v) is 2.78. The summed E-state index contributed by atoms with van der Waals surface area (Å²) < 4.78 is 10.8. The van der Waals surface area contributed by atoms with Crippen molar-refractivity contribution in [2.75, 3.05) is 19.5 Å². The Labute approximate surface area is 118 Å². The monoisotopic (exact) mass is 276 g/mol. The molecular formula is C15H20N2O3. The van der Waals surface area contributed by atoms with Gasteiger partial charge < -0.3 is 20.5 Å². The molecule has 1 saturated carbocycles. The van der Waals surface area contributed by atoms with Crippen molar-refractivity contribution in [1.82, 2.24) is 5.32 Å². The predicted molar refractivity (Wildman–Crippen MR) is 75.7 cm³/mol. The van der Waals surface area contributed by atoms with E-state index < -0.39 is 0 Å². The van der Waals surface area contributed by atoms with Gasteiger partial charge in [-0.3, -0.25) is 4.79 Å². The first kappa shape index (κ1) is 13.2. The van der Waals surface area contributed by atoms with Gasteiger partial charge in [-0.2, -0.15) is 0 Å². The minimum Gasteiger partial charge on any atom is -0.495 e. The minimum atomic E-state index is -0.0968. The molecule has 0 bridgehead atoms. The quantitative estimate of drug-likeness (QED) is 0.819. The van der Waals surface area contributed by atoms with E-state index in [0.29, 0.717) is 22.9 Å². The van der Waals surface area contributed by atoms with Gasteiger partial charge in [0.05, 0.1) is 24.9 Å². The number of amides is 1. The van der Waals surface area contributed by atoms with Gasteiger partial charge in [0.15, 0.2) is 0 Å². The SMILES string of the molecule is COc1ccc(C(=O)NC2CCOC2C2CC2)cc1N. The summed E-state index contributed by atoms with van der Waals surface area (Å²) in [5, 5.41) is 3.07. The second-order valence-electron chi connectivity index (χ2n) is 5.50. The third-order valence-corrected chi connectivity index (χ3v) is 4.03. The highest BCUT2D eigenvalue weighted by atomic mass is 16.5. The van der Waals surface area contributed by atoms with E-state index in [2.05, 4.69) is 5.32 Å². The summed E-state index contributed by atoms with van der Waals surface area (Å²) in [4.78, 5) is 12.3. The van der Waals surface area contributed by atoms with E-state index in [-0.39, 0.29) is 18.1 Å². The van der Waals surface area contributed by atoms with Crippen LogP contribution in [0, 0.1) is 5.92 Å². The van der Waals surface area contributed by atoms with Gasteiger partial charge in [0.2, 0.25) is 0 Å². The Morgan fingerprint density at radius 3 is 2.85 bits per heavy atom. The number of hydrogen-bond donors (Lipinski definition) is 2. The first-order valence-electron chi connectivity index (χ1n) is 7.05. The lowest BCUT2D eigenvalue weighted by Crippen LogP contribution is -2.41. The van der Waals surface area contributed by atoms with Crippen molar-refractivity contribution in [2.45, 2.75) is 31.4 Å². The van der Waals surface area contributed by atoms with Crippen LogP contribution >= 0.6 is 0 Å². The summed E-state index contributed by atoms with van der Waals surface area (Å²) in [6, 6.07) is 5.22. The molecule has 0 aromatic heterocycles. The Bertz CT molecular complexity index is 514. The van der Waals surface area contributed by atoms with Crippen LogP contribution in [0.3, 0.4) is 0 Å². The molecule has 1 aliphatic carbocycles. The van der Waals surface area contributed by atoms with Gasteiger partial charge in [0.25, 0.3) is 5.91 Å². The topological polar surface area (TPSA) is 73.6 Å². The molecule has 20 heavy (non-hydrogen) atoms. The van der Waals surface area contributed by atoms with E-state index in [1.54, 1.807) is 25.3 Å². The lowest BCUT2D eigenvalue weighted by Gasteiger charge is -2.19. The average molecular weight is 276 g/mol. The maximum atomic E-state index is 12.3. The van der Waals surface area contributed by atoms with E-state index in [9.17, 15) is 4.79 Å². The summed E-state index contributed by atoms with van der Waals surface area (Å²) >= 11 is 0. The maximum Gasteiger partial charge on any atom is 0.251 e. The summed E-state index contributed by atoms with van der Waals surface area (Å²) in [5.41, 5.74) is 6.87. The summed E-state index contributed by atoms with van der Waals surface area (Å²) in [5.74, 6) is 1.12. The number of nitrogens with one attached hydrogen (secondary N) is 1. The van der Waals surface area contributed by atoms with Crippen LogP contribution in [0.15, 0.2) is 18.2 Å². The molecule has 3 rings (SSSR count). The molecule has 1 aliphatic heterocycles. The first-order valence-corrected chi connectivity index (χ1v) is 7.05. The molecule has 5 nitrogen and oxygen atoms in total. The number of rotatable bonds is 4. The van der Waals surface area contributed by atoms with Gasteiger partial charge in [-0.25, -0.2) is 0 Å². The molecule has 108 valence electrons. The zero-order valence-corrected chi connectivity index (χ0v) is 11.6. The van der Waals surface area contributed by atoms with Gasteiger partial charge in [-0.15, -0.1) is 0 Å². The third-order valence-electron chi connectivity index (χ3n) is 4.03. The van der Waals surface area contributed by atoms with Crippen LogP contribution in [0.1, 0.15) is 29.6 Å². The molecule has 2 unspecified atom stereocenters. The van der Waals surface area contributed by atoms with Crippen LogP contribution in [0.2, 0.25) is 0 Å². The Kier molecular flexibility index (Phi) is 3.53. The smallest absolute Gasteiger partial charge is 0.251 e. The molecule has 1 amide bonds. The molecule has 1 saturated heterocycles. The Morgan fingerprint density at radius 1 is 1.40 bits per heavy atom. The van der Waals surface area contributed by atoms with E-state index >= 15 is 0 Å². The van der Waals surface area contributed by atoms with Gasteiger partial charge in [0.1, 0.15) is 5.75 Å². The highest BCUT2D eigenvalue weighted by Crippen LogP contribution is 2.38. The Balaban J connectivity index is 1.68. The highest BCUT2D eigenvalue weighted by molar-refractivity contribution is 5.95. The van der Waals surface area contributed by atoms with E-state index in [4.69, 9.17) is 15.2 Å². The Morgan fingerprint density at radius 2 is 2.20 bits per heavy atom. The van der Waals surface area contributed by atoms with Crippen molar-refractivity contribution in [2.24, 2.45) is 5.92 Å². The van der Waals surface area contributed by atoms with Crippen molar-refractivity contribution in [3.63, 3.8) is 0 Å². The van der Waals surface area contributed by atoms with Crippen LogP contribution in [0.4, 0.5) is 5.69 Å². The average Bonchev–Trinajstić information content (AvgIpc) is 3.19. The third kappa shape index (κ3) is 2.58. The van der Waals surface area contributed by atoms with Crippen molar-refractivity contribution >= 4 is 11.6 Å². The second-order valence-corrected chi connectivity index (χ2v) is 5.50. The standard InChI is InChI=1S/C15H20N2O3/c1-19-13-5-4-10(8-11(13)16)15(18)17-12-6-7-20-14(12)9-2-3-9/h4-5,8-9,12,14H,2-3,6-7,16H2,1H3,(H,17,18). The van der Waals surface area contributed by atoms with Gasteiger partial charge in [-0.05, 0) is 43.4 Å². The number of nitrogens with two attached hydrogens (primary N) is 1. The number of hydrogen-bond acceptors (Lipinski definition) is 4. The lowest BCUT2D eigenvalue weighted by molar-refractivity contribution is 0.0729. The Hall–Kier alpha value is -1.75. The summed E-state index contributed by atoms with van der Waals surface area (Å²) in [6.07, 6.45) is 3.51. The molecule has 3 N–H and O–H groups in total. The van der Waals surface area contributed by atoms with Crippen molar-refractivity contribution in [3.05, 3.63) is 23.8 Å². The lowest BCUT2D eigenvalue weighted by atomic mass is 10.1. The maximum absolute atomic E-state index is 12.3. The number of anilines is 1. The molecule has 0 spiro atoms. The van der Waals surface area contributed by atoms with Crippen LogP contribution in [-0.4, -0.2) is 31.8 Å². The number of benzene rings is 1. The fourth-order valence-electron chi connectivity index (χ4n) is 2.78. The zero-order chi connectivity index (χ0) is 14.1. The summed E-state index contributed by atoms with van der Waals surface area (Å²) in [6.45, 7) is 0.733. The first-order chi connectivity index (χ1) is 9.69. The van der Waals surface area contributed by atoms with E-state index in [0.717, 1.165) is 13.0 Å². The fraction of sp³-hybridized carbons (Fsp3) is 0.533. The second kappa shape index (κ2) is 5.32. The normalized spacial score (nSPS) is 25.4. The van der Waals surface area contributed by atoms with Gasteiger partial charge >= 0.3 is 0 Å². The molecule has 0 radical (unpaired) electrons. The van der Waals surface area contributed by atoms with Crippen LogP contribution in [0.5, 0.6) is 5.75 Å². The molecule has 1 aromatic rings.